The summed E-state index contributed by atoms with van der Waals surface area (Å²) in [6, 6.07) is 0. The molecule has 0 aliphatic heterocycles. The molecule has 0 saturated heterocycles. The molecule has 0 aromatic heterocycles. The van der Waals surface area contributed by atoms with Crippen LogP contribution in [0, 0.1) is 20.2 Å². The number of nitrogens with zero attached hydrogens (tertiary/aromatic N) is 2. The molecule has 0 bridgehead atoms. The van der Waals surface area contributed by atoms with E-state index in [9.17, 15) is 0 Å². The van der Waals surface area contributed by atoms with Gasteiger partial charge in [0, 0.05) is 0 Å². The van der Waals surface area contributed by atoms with Gasteiger partial charge in [-0.15, -0.1) is 10.7 Å². The van der Waals surface area contributed by atoms with E-state index in [-0.39, 0.29) is 0 Å². The quantitative estimate of drug-likeness (QED) is 0.466. The molecule has 0 unspecified atom stereocenters. The molecule has 0 N–H and O–H groups in total. The van der Waals surface area contributed by atoms with Crippen molar-refractivity contribution in [2.45, 2.75) is 0 Å². The van der Waals surface area contributed by atoms with Gasteiger partial charge >= 0.3 is 42.4 Å². The number of halogens is 3. The van der Waals surface area contributed by atoms with Crippen LogP contribution in [0.1, 0.15) is 0 Å². The Morgan fingerprint density at radius 2 is 1.00 bits per heavy atom. The zero-order valence-electron chi connectivity index (χ0n) is 3.98. The number of hydrogen-bond acceptors (Lipinski definition) is 6. The van der Waals surface area contributed by atoms with Crippen molar-refractivity contribution < 1.29 is 14.2 Å². The second-order valence-corrected chi connectivity index (χ2v) is 10.1. The van der Waals surface area contributed by atoms with Crippen LogP contribution in [0.15, 0.2) is 10.7 Å². The molecule has 0 aliphatic rings. The van der Waals surface area contributed by atoms with Crippen molar-refractivity contribution in [1.29, 1.82) is 0 Å². The van der Waals surface area contributed by atoms with Gasteiger partial charge in [-0.1, -0.05) is 0 Å². The van der Waals surface area contributed by atoms with Gasteiger partial charge in [0.1, 0.15) is 0 Å². The van der Waals surface area contributed by atoms with Gasteiger partial charge in [-0.3, -0.25) is 0 Å². The molecule has 0 saturated carbocycles. The van der Waals surface area contributed by atoms with Crippen LogP contribution >= 0.6 is 28.3 Å². The van der Waals surface area contributed by atoms with Crippen molar-refractivity contribution in [3.63, 3.8) is 0 Å². The van der Waals surface area contributed by atoms with Gasteiger partial charge in [-0.2, -0.15) is 0 Å². The maximum atomic E-state index is 8.00. The molecular formula is Cl3N2O4Pt-2. The van der Waals surface area contributed by atoms with Crippen molar-refractivity contribution in [3.8, 4) is 0 Å². The Morgan fingerprint density at radius 1 is 1.00 bits per heavy atom. The minimum absolute atomic E-state index is 1.00. The van der Waals surface area contributed by atoms with E-state index in [0.29, 0.717) is 0 Å². The van der Waals surface area contributed by atoms with Gasteiger partial charge < -0.3 is 20.2 Å². The van der Waals surface area contributed by atoms with E-state index in [2.05, 4.69) is 0 Å². The first-order chi connectivity index (χ1) is 4.56. The fourth-order valence-electron chi connectivity index (χ4n) is 0. The zero-order valence-corrected chi connectivity index (χ0v) is 8.52. The third kappa shape index (κ3) is 3520. The third-order valence-corrected chi connectivity index (χ3v) is 0. The molecule has 0 amide bonds. The van der Waals surface area contributed by atoms with E-state index in [1.165, 1.54) is 0 Å². The Hall–Kier alpha value is 0.358. The molecule has 0 aromatic rings. The Bertz CT molecular complexity index is 60.8. The van der Waals surface area contributed by atoms with Crippen LogP contribution in [0.25, 0.3) is 0 Å². The first-order valence-corrected chi connectivity index (χ1v) is 9.54. The monoisotopic (exact) mass is 392 g/mol. The Morgan fingerprint density at radius 3 is 1.00 bits per heavy atom. The normalized spacial score (nSPS) is 6.90. The minimum atomic E-state index is -1.85. The first kappa shape index (κ1) is 16.8. The Balaban J connectivity index is -0.0000000750. The SMILES string of the molecule is O=N[O-].O=N[O-].[Cl][Pt]([Cl])[Cl]. The Kier molecular flexibility index (Phi) is 38.2. The van der Waals surface area contributed by atoms with E-state index >= 15 is 0 Å². The predicted molar refractivity (Wildman–Crippen MR) is 35.9 cm³/mol. The molecule has 0 atom stereocenters. The summed E-state index contributed by atoms with van der Waals surface area (Å²) < 4.78 is 0. The standard InChI is InChI=1S/3ClH.2HNO2.Pt/c;;;2*2-1-3;/h3*1H;2*(H,2,3);/q;;;;;+3/p-5. The van der Waals surface area contributed by atoms with E-state index in [1.807, 2.05) is 0 Å². The average Bonchev–Trinajstić information content (AvgIpc) is 1.65. The molecule has 0 heterocycles. The average molecular weight is 393 g/mol. The van der Waals surface area contributed by atoms with E-state index < -0.39 is 14.2 Å². The summed E-state index contributed by atoms with van der Waals surface area (Å²) in [6.45, 7) is 0. The van der Waals surface area contributed by atoms with Crippen LogP contribution in [0.4, 0.5) is 0 Å². The van der Waals surface area contributed by atoms with Crippen LogP contribution in [0.3, 0.4) is 0 Å². The molecule has 0 spiro atoms. The fraction of sp³-hybridized carbons (Fsp3) is 0. The molecule has 10 heavy (non-hydrogen) atoms. The molecule has 0 fully saturated rings. The van der Waals surface area contributed by atoms with Crippen molar-refractivity contribution in [1.82, 2.24) is 0 Å². The van der Waals surface area contributed by atoms with Crippen molar-refractivity contribution in [2.75, 3.05) is 0 Å². The first-order valence-electron chi connectivity index (χ1n) is 1.09. The second kappa shape index (κ2) is 22.8. The number of rotatable bonds is 0. The van der Waals surface area contributed by atoms with Crippen molar-refractivity contribution in [2.24, 2.45) is 10.7 Å². The number of hydrogen-bond donors (Lipinski definition) is 0. The maximum absolute atomic E-state index is 8.00. The van der Waals surface area contributed by atoms with Crippen LogP contribution in [0.5, 0.6) is 0 Å². The van der Waals surface area contributed by atoms with Crippen LogP contribution in [-0.2, 0) is 14.2 Å². The van der Waals surface area contributed by atoms with Crippen molar-refractivity contribution >= 4 is 28.3 Å². The van der Waals surface area contributed by atoms with Gasteiger partial charge in [0.15, 0.2) is 0 Å². The topological polar surface area (TPSA) is 105 Å². The van der Waals surface area contributed by atoms with Crippen LogP contribution in [0.2, 0.25) is 0 Å². The third-order valence-electron chi connectivity index (χ3n) is 0. The fourth-order valence-corrected chi connectivity index (χ4v) is 0. The summed E-state index contributed by atoms with van der Waals surface area (Å²) in [4.78, 5) is 16.0. The molecular weight excluding hydrogens is 393 g/mol. The van der Waals surface area contributed by atoms with Gasteiger partial charge in [0.2, 0.25) is 0 Å². The molecule has 6 nitrogen and oxygen atoms in total. The molecule has 0 rings (SSSR count). The van der Waals surface area contributed by atoms with Gasteiger partial charge in [0.05, 0.1) is 0 Å². The summed E-state index contributed by atoms with van der Waals surface area (Å²) >= 11 is -1.85. The van der Waals surface area contributed by atoms with Crippen molar-refractivity contribution in [3.05, 3.63) is 20.2 Å². The van der Waals surface area contributed by atoms with Gasteiger partial charge in [-0.05, 0) is 0 Å². The summed E-state index contributed by atoms with van der Waals surface area (Å²) in [5, 5.41) is 18.0. The summed E-state index contributed by atoms with van der Waals surface area (Å²) in [6.07, 6.45) is 0. The molecule has 10 heteroatoms. The van der Waals surface area contributed by atoms with Crippen LogP contribution < -0.4 is 0 Å². The summed E-state index contributed by atoms with van der Waals surface area (Å²) in [7, 11) is 14.9. The Labute approximate surface area is 73.3 Å². The zero-order chi connectivity index (χ0) is 8.99. The van der Waals surface area contributed by atoms with Crippen LogP contribution in [-0.4, -0.2) is 0 Å². The van der Waals surface area contributed by atoms with E-state index in [4.69, 9.17) is 48.5 Å². The molecule has 0 aliphatic carbocycles. The van der Waals surface area contributed by atoms with E-state index in [1.54, 1.807) is 0 Å². The van der Waals surface area contributed by atoms with E-state index in [0.717, 1.165) is 10.7 Å². The predicted octanol–water partition coefficient (Wildman–Crippen LogP) is 2.57. The summed E-state index contributed by atoms with van der Waals surface area (Å²) in [5.41, 5.74) is 0. The second-order valence-electron chi connectivity index (χ2n) is 0.285. The van der Waals surface area contributed by atoms with Gasteiger partial charge in [-0.25, -0.2) is 0 Å². The molecule has 67 valence electrons. The summed E-state index contributed by atoms with van der Waals surface area (Å²) in [5.74, 6) is 0. The molecule has 0 aromatic carbocycles. The van der Waals surface area contributed by atoms with Gasteiger partial charge in [0.25, 0.3) is 0 Å². The molecule has 0 radical (unpaired) electrons.